The summed E-state index contributed by atoms with van der Waals surface area (Å²) in [5.41, 5.74) is -0.415. The third-order valence-electron chi connectivity index (χ3n) is 6.63. The zero-order valence-corrected chi connectivity index (χ0v) is 25.7. The standard InChI is InChI=1S/C29H34ClFN3O8P/c1-17(2)40-26(36)19(4)33-43(38,42-23-12-8-21(9-13-23)20-6-10-22(30)11-7-20)39-16-24-25(35)29(5,31)27(41-24)34-15-14-18(3)32-28(34)37/h6-15,17,19,24-25,27,35H,3,16H2,1-2,4-5H3,(H,32,37)(H,33,38)/t19-,24+,25+,27+,29+,43?/m0/s1. The molecule has 2 aromatic carbocycles. The normalized spacial score (nSPS) is 25.8. The number of halogens is 2. The molecule has 232 valence electrons. The fourth-order valence-electron chi connectivity index (χ4n) is 4.39. The maximum atomic E-state index is 15.7. The molecule has 2 heterocycles. The van der Waals surface area contributed by atoms with E-state index in [4.69, 9.17) is 30.1 Å². The summed E-state index contributed by atoms with van der Waals surface area (Å²) < 4.78 is 51.9. The van der Waals surface area contributed by atoms with E-state index in [9.17, 15) is 19.3 Å². The lowest BCUT2D eigenvalue weighted by Crippen LogP contribution is -2.53. The van der Waals surface area contributed by atoms with Crippen LogP contribution in [0, 0.1) is 0 Å². The van der Waals surface area contributed by atoms with Crippen molar-refractivity contribution in [3.63, 3.8) is 0 Å². The topological polar surface area (TPSA) is 136 Å². The van der Waals surface area contributed by atoms with Crippen LogP contribution in [0.5, 0.6) is 5.75 Å². The Balaban J connectivity index is 1.52. The molecule has 2 aliphatic heterocycles. The molecule has 14 heteroatoms. The van der Waals surface area contributed by atoms with Gasteiger partial charge in [0.05, 0.1) is 12.7 Å². The van der Waals surface area contributed by atoms with Crippen LogP contribution in [0.4, 0.5) is 9.18 Å². The molecule has 2 aromatic rings. The minimum atomic E-state index is -4.38. The Morgan fingerprint density at radius 1 is 1.21 bits per heavy atom. The third-order valence-corrected chi connectivity index (χ3v) is 8.53. The molecular weight excluding hydrogens is 604 g/mol. The molecule has 0 radical (unpaired) electrons. The summed E-state index contributed by atoms with van der Waals surface area (Å²) in [6.07, 6.45) is -2.38. The Morgan fingerprint density at radius 2 is 1.81 bits per heavy atom. The SMILES string of the molecule is C=C1C=CN([C@@H]2O[C@H](COP(=O)(N[C@@H](C)C(=O)OC(C)C)Oc3ccc(-c4ccc(Cl)cc4)cc3)[C@@H](O)[C@@]2(C)F)C(=O)N1. The van der Waals surface area contributed by atoms with Crippen LogP contribution in [0.25, 0.3) is 11.1 Å². The number of hydrogen-bond donors (Lipinski definition) is 3. The number of nitrogens with zero attached hydrogens (tertiary/aromatic N) is 1. The van der Waals surface area contributed by atoms with Crippen molar-refractivity contribution in [1.29, 1.82) is 0 Å². The molecule has 0 spiro atoms. The number of aliphatic hydroxyl groups is 1. The van der Waals surface area contributed by atoms with Gasteiger partial charge in [0.25, 0.3) is 0 Å². The maximum Gasteiger partial charge on any atom is 0.459 e. The molecular formula is C29H34ClFN3O8P. The molecule has 0 aromatic heterocycles. The van der Waals surface area contributed by atoms with Crippen LogP contribution in [0.1, 0.15) is 27.7 Å². The van der Waals surface area contributed by atoms with E-state index in [1.807, 2.05) is 12.1 Å². The Bertz CT molecular complexity index is 1420. The zero-order valence-electron chi connectivity index (χ0n) is 24.0. The van der Waals surface area contributed by atoms with Crippen molar-refractivity contribution in [3.8, 4) is 16.9 Å². The van der Waals surface area contributed by atoms with Gasteiger partial charge in [-0.15, -0.1) is 0 Å². The van der Waals surface area contributed by atoms with Crippen LogP contribution in [0.3, 0.4) is 0 Å². The predicted octanol–water partition coefficient (Wildman–Crippen LogP) is 5.31. The number of amides is 2. The van der Waals surface area contributed by atoms with Crippen LogP contribution in [-0.2, 0) is 23.4 Å². The summed E-state index contributed by atoms with van der Waals surface area (Å²) in [6, 6.07) is 11.9. The summed E-state index contributed by atoms with van der Waals surface area (Å²) in [5, 5.41) is 16.3. The van der Waals surface area contributed by atoms with Gasteiger partial charge in [-0.25, -0.2) is 13.8 Å². The summed E-state index contributed by atoms with van der Waals surface area (Å²) in [5.74, 6) is -0.576. The van der Waals surface area contributed by atoms with E-state index in [0.717, 1.165) is 23.0 Å². The van der Waals surface area contributed by atoms with Crippen LogP contribution in [0.2, 0.25) is 5.02 Å². The number of ether oxygens (including phenoxy) is 2. The molecule has 1 unspecified atom stereocenters. The predicted molar refractivity (Wildman–Crippen MR) is 158 cm³/mol. The first kappa shape index (κ1) is 32.7. The van der Waals surface area contributed by atoms with Gasteiger partial charge in [0.1, 0.15) is 24.0 Å². The van der Waals surface area contributed by atoms with E-state index >= 15 is 4.39 Å². The average molecular weight is 638 g/mol. The number of carbonyl (C=O) groups is 2. The van der Waals surface area contributed by atoms with Gasteiger partial charge in [0.2, 0.25) is 0 Å². The summed E-state index contributed by atoms with van der Waals surface area (Å²) in [7, 11) is -4.38. The van der Waals surface area contributed by atoms with E-state index in [0.29, 0.717) is 10.7 Å². The average Bonchev–Trinajstić information content (AvgIpc) is 3.16. The van der Waals surface area contributed by atoms with E-state index in [2.05, 4.69) is 17.0 Å². The first-order valence-corrected chi connectivity index (χ1v) is 15.4. The summed E-state index contributed by atoms with van der Waals surface area (Å²) >= 11 is 5.97. The number of nitrogens with one attached hydrogen (secondary N) is 2. The highest BCUT2D eigenvalue weighted by Crippen LogP contribution is 2.47. The van der Waals surface area contributed by atoms with Crippen LogP contribution < -0.4 is 14.9 Å². The van der Waals surface area contributed by atoms with Crippen molar-refractivity contribution in [2.75, 3.05) is 6.61 Å². The first-order valence-electron chi connectivity index (χ1n) is 13.5. The lowest BCUT2D eigenvalue weighted by atomic mass is 9.98. The first-order chi connectivity index (χ1) is 20.2. The second kappa shape index (κ2) is 13.2. The number of hydrogen-bond acceptors (Lipinski definition) is 8. The van der Waals surface area contributed by atoms with E-state index in [1.54, 1.807) is 50.2 Å². The number of allylic oxidation sites excluding steroid dienone is 1. The third kappa shape index (κ3) is 7.83. The van der Waals surface area contributed by atoms with Gasteiger partial charge >= 0.3 is 19.7 Å². The summed E-state index contributed by atoms with van der Waals surface area (Å²) in [6.45, 7) is 8.81. The Labute approximate surface area is 254 Å². The summed E-state index contributed by atoms with van der Waals surface area (Å²) in [4.78, 5) is 25.8. The van der Waals surface area contributed by atoms with Crippen LogP contribution in [-0.4, -0.2) is 64.9 Å². The highest BCUT2D eigenvalue weighted by molar-refractivity contribution is 7.52. The molecule has 4 rings (SSSR count). The molecule has 2 amide bonds. The van der Waals surface area contributed by atoms with Crippen LogP contribution in [0.15, 0.2) is 73.1 Å². The lowest BCUT2D eigenvalue weighted by Gasteiger charge is -2.33. The Morgan fingerprint density at radius 3 is 2.40 bits per heavy atom. The van der Waals surface area contributed by atoms with E-state index in [-0.39, 0.29) is 5.75 Å². The molecule has 0 aliphatic carbocycles. The maximum absolute atomic E-state index is 15.7. The fourth-order valence-corrected chi connectivity index (χ4v) is 6.02. The lowest BCUT2D eigenvalue weighted by molar-refractivity contribution is -0.149. The number of rotatable bonds is 11. The number of carbonyl (C=O) groups excluding carboxylic acids is 2. The van der Waals surface area contributed by atoms with Gasteiger partial charge in [-0.3, -0.25) is 14.2 Å². The smallest absolute Gasteiger partial charge is 0.459 e. The molecule has 1 saturated heterocycles. The van der Waals surface area contributed by atoms with E-state index in [1.165, 1.54) is 19.2 Å². The molecule has 3 N–H and O–H groups in total. The Kier molecular flexibility index (Phi) is 10.0. The van der Waals surface area contributed by atoms with Gasteiger partial charge in [0, 0.05) is 16.9 Å². The van der Waals surface area contributed by atoms with Crippen molar-refractivity contribution in [1.82, 2.24) is 15.3 Å². The van der Waals surface area contributed by atoms with Gasteiger partial charge in [-0.05, 0) is 69.2 Å². The van der Waals surface area contributed by atoms with Gasteiger partial charge in [0.15, 0.2) is 11.9 Å². The van der Waals surface area contributed by atoms with Crippen molar-refractivity contribution in [2.45, 2.75) is 63.9 Å². The second-order valence-electron chi connectivity index (χ2n) is 10.6. The number of esters is 1. The van der Waals surface area contributed by atoms with Crippen molar-refractivity contribution in [3.05, 3.63) is 78.1 Å². The fraction of sp³-hybridized carbons (Fsp3) is 0.379. The van der Waals surface area contributed by atoms with Gasteiger partial charge in [-0.2, -0.15) is 5.09 Å². The molecule has 0 bridgehead atoms. The molecule has 2 aliphatic rings. The van der Waals surface area contributed by atoms with Crippen molar-refractivity contribution in [2.24, 2.45) is 0 Å². The number of benzene rings is 2. The molecule has 0 saturated carbocycles. The zero-order chi connectivity index (χ0) is 31.5. The molecule has 1 fully saturated rings. The largest absolute Gasteiger partial charge is 0.462 e. The van der Waals surface area contributed by atoms with Crippen molar-refractivity contribution < 1.29 is 42.2 Å². The molecule has 6 atom stereocenters. The quantitative estimate of drug-likeness (QED) is 0.221. The van der Waals surface area contributed by atoms with Gasteiger partial charge < -0.3 is 24.4 Å². The molecule has 11 nitrogen and oxygen atoms in total. The van der Waals surface area contributed by atoms with Gasteiger partial charge in [-0.1, -0.05) is 42.4 Å². The highest BCUT2D eigenvalue weighted by Gasteiger charge is 2.57. The minimum Gasteiger partial charge on any atom is -0.462 e. The number of urea groups is 1. The second-order valence-corrected chi connectivity index (χ2v) is 12.7. The van der Waals surface area contributed by atoms with Crippen molar-refractivity contribution >= 4 is 31.3 Å². The van der Waals surface area contributed by atoms with Crippen LogP contribution >= 0.6 is 19.3 Å². The highest BCUT2D eigenvalue weighted by atomic mass is 35.5. The molecule has 43 heavy (non-hydrogen) atoms. The monoisotopic (exact) mass is 637 g/mol. The van der Waals surface area contributed by atoms with E-state index < -0.39 is 62.6 Å². The number of alkyl halides is 1. The minimum absolute atomic E-state index is 0.134. The number of aliphatic hydroxyl groups excluding tert-OH is 1. The Hall–Kier alpha value is -3.25.